The predicted octanol–water partition coefficient (Wildman–Crippen LogP) is 1.84. The highest BCUT2D eigenvalue weighted by molar-refractivity contribution is 5.86. The number of fused-ring (bicyclic) bond motifs is 1. The van der Waals surface area contributed by atoms with E-state index in [1.165, 1.54) is 4.57 Å². The highest BCUT2D eigenvalue weighted by Gasteiger charge is 2.11. The van der Waals surface area contributed by atoms with Crippen molar-refractivity contribution >= 4 is 16.8 Å². The lowest BCUT2D eigenvalue weighted by molar-refractivity contribution is 0.527. The van der Waals surface area contributed by atoms with Crippen molar-refractivity contribution in [1.82, 2.24) is 4.57 Å². The minimum atomic E-state index is -0.377. The molecule has 0 amide bonds. The standard InChI is InChI=1S/C11H14N2O2/c1-6(2)7-4-8(12)10-9(5-7)15-11(14)13(10)3/h4-6H,12H2,1-3H3. The number of aryl methyl sites for hydroxylation is 1. The molecule has 1 aromatic heterocycles. The van der Waals surface area contributed by atoms with Crippen LogP contribution in [0.1, 0.15) is 25.3 Å². The topological polar surface area (TPSA) is 61.2 Å². The first-order valence-electron chi connectivity index (χ1n) is 4.89. The third-order valence-electron chi connectivity index (χ3n) is 2.60. The molecular weight excluding hydrogens is 192 g/mol. The molecule has 4 nitrogen and oxygen atoms in total. The van der Waals surface area contributed by atoms with Gasteiger partial charge in [-0.05, 0) is 23.6 Å². The zero-order chi connectivity index (χ0) is 11.2. The molecule has 0 radical (unpaired) electrons. The van der Waals surface area contributed by atoms with Gasteiger partial charge < -0.3 is 10.2 Å². The van der Waals surface area contributed by atoms with E-state index in [1.54, 1.807) is 7.05 Å². The number of hydrogen-bond acceptors (Lipinski definition) is 3. The fourth-order valence-electron chi connectivity index (χ4n) is 1.68. The number of anilines is 1. The Morgan fingerprint density at radius 2 is 2.07 bits per heavy atom. The van der Waals surface area contributed by atoms with Gasteiger partial charge >= 0.3 is 5.76 Å². The van der Waals surface area contributed by atoms with Crippen LogP contribution in [0.3, 0.4) is 0 Å². The smallest absolute Gasteiger partial charge is 0.408 e. The minimum Gasteiger partial charge on any atom is -0.408 e. The molecule has 2 N–H and O–H groups in total. The third-order valence-corrected chi connectivity index (χ3v) is 2.60. The van der Waals surface area contributed by atoms with E-state index in [9.17, 15) is 4.79 Å². The van der Waals surface area contributed by atoms with Gasteiger partial charge in [0.25, 0.3) is 0 Å². The van der Waals surface area contributed by atoms with Gasteiger partial charge in [-0.3, -0.25) is 4.57 Å². The van der Waals surface area contributed by atoms with Crippen molar-refractivity contribution in [3.8, 4) is 0 Å². The monoisotopic (exact) mass is 206 g/mol. The van der Waals surface area contributed by atoms with Crippen LogP contribution in [0.25, 0.3) is 11.1 Å². The number of oxazole rings is 1. The average Bonchev–Trinajstić information content (AvgIpc) is 2.42. The van der Waals surface area contributed by atoms with Gasteiger partial charge in [-0.25, -0.2) is 4.79 Å². The fraction of sp³-hybridized carbons (Fsp3) is 0.364. The van der Waals surface area contributed by atoms with Gasteiger partial charge in [-0.15, -0.1) is 0 Å². The summed E-state index contributed by atoms with van der Waals surface area (Å²) in [4.78, 5) is 11.3. The van der Waals surface area contributed by atoms with E-state index in [0.29, 0.717) is 22.7 Å². The number of benzene rings is 1. The lowest BCUT2D eigenvalue weighted by Gasteiger charge is -2.06. The van der Waals surface area contributed by atoms with Crippen molar-refractivity contribution in [2.75, 3.05) is 5.73 Å². The molecule has 0 saturated carbocycles. The molecule has 1 aromatic carbocycles. The zero-order valence-electron chi connectivity index (χ0n) is 9.07. The Hall–Kier alpha value is -1.71. The highest BCUT2D eigenvalue weighted by atomic mass is 16.4. The molecule has 0 spiro atoms. The second-order valence-electron chi connectivity index (χ2n) is 4.04. The van der Waals surface area contributed by atoms with Crippen LogP contribution in [0.4, 0.5) is 5.69 Å². The molecule has 4 heteroatoms. The Morgan fingerprint density at radius 1 is 1.40 bits per heavy atom. The third kappa shape index (κ3) is 1.42. The first-order valence-corrected chi connectivity index (χ1v) is 4.89. The average molecular weight is 206 g/mol. The molecule has 0 unspecified atom stereocenters. The summed E-state index contributed by atoms with van der Waals surface area (Å²) in [5, 5.41) is 0. The van der Waals surface area contributed by atoms with E-state index in [4.69, 9.17) is 10.2 Å². The van der Waals surface area contributed by atoms with Gasteiger partial charge in [0.05, 0.1) is 5.69 Å². The molecular formula is C11H14N2O2. The van der Waals surface area contributed by atoms with Crippen LogP contribution >= 0.6 is 0 Å². The molecule has 2 aromatic rings. The van der Waals surface area contributed by atoms with Crippen molar-refractivity contribution in [1.29, 1.82) is 0 Å². The van der Waals surface area contributed by atoms with E-state index in [2.05, 4.69) is 13.8 Å². The van der Waals surface area contributed by atoms with Gasteiger partial charge in [0.15, 0.2) is 5.58 Å². The molecule has 2 rings (SSSR count). The van der Waals surface area contributed by atoms with Gasteiger partial charge in [-0.1, -0.05) is 13.8 Å². The maximum absolute atomic E-state index is 11.3. The second-order valence-corrected chi connectivity index (χ2v) is 4.04. The van der Waals surface area contributed by atoms with Gasteiger partial charge in [0.2, 0.25) is 0 Å². The summed E-state index contributed by atoms with van der Waals surface area (Å²) >= 11 is 0. The molecule has 0 fully saturated rings. The van der Waals surface area contributed by atoms with Crippen molar-refractivity contribution in [3.63, 3.8) is 0 Å². The van der Waals surface area contributed by atoms with Crippen LogP contribution in [0, 0.1) is 0 Å². The quantitative estimate of drug-likeness (QED) is 0.724. The van der Waals surface area contributed by atoms with E-state index >= 15 is 0 Å². The van der Waals surface area contributed by atoms with Crippen molar-refractivity contribution in [3.05, 3.63) is 28.2 Å². The normalized spacial score (nSPS) is 11.5. The summed E-state index contributed by atoms with van der Waals surface area (Å²) in [5.74, 6) is -0.0141. The first-order chi connectivity index (χ1) is 7.00. The zero-order valence-corrected chi connectivity index (χ0v) is 9.07. The maximum atomic E-state index is 11.3. The summed E-state index contributed by atoms with van der Waals surface area (Å²) < 4.78 is 6.52. The molecule has 80 valence electrons. The van der Waals surface area contributed by atoms with Crippen LogP contribution in [0.2, 0.25) is 0 Å². The largest absolute Gasteiger partial charge is 0.419 e. The Kier molecular flexibility index (Phi) is 2.07. The van der Waals surface area contributed by atoms with Crippen LogP contribution in [0.5, 0.6) is 0 Å². The van der Waals surface area contributed by atoms with Crippen LogP contribution < -0.4 is 11.5 Å². The van der Waals surface area contributed by atoms with E-state index in [0.717, 1.165) is 5.56 Å². The summed E-state index contributed by atoms with van der Waals surface area (Å²) in [5.41, 5.74) is 8.79. The van der Waals surface area contributed by atoms with Crippen molar-refractivity contribution in [2.24, 2.45) is 7.05 Å². The molecule has 0 aliphatic carbocycles. The minimum absolute atomic E-state index is 0.363. The summed E-state index contributed by atoms with van der Waals surface area (Å²) in [6, 6.07) is 3.76. The van der Waals surface area contributed by atoms with E-state index < -0.39 is 0 Å². The Labute approximate surface area is 87.3 Å². The molecule has 0 atom stereocenters. The SMILES string of the molecule is CC(C)c1cc(N)c2c(c1)oc(=O)n2C. The first kappa shape index (κ1) is 9.83. The number of nitrogen functional groups attached to an aromatic ring is 1. The molecule has 0 saturated heterocycles. The van der Waals surface area contributed by atoms with Crippen LogP contribution in [-0.2, 0) is 7.05 Å². The number of hydrogen-bond donors (Lipinski definition) is 1. The lowest BCUT2D eigenvalue weighted by Crippen LogP contribution is -2.09. The van der Waals surface area contributed by atoms with Gasteiger partial charge in [0.1, 0.15) is 5.52 Å². The lowest BCUT2D eigenvalue weighted by atomic mass is 10.0. The van der Waals surface area contributed by atoms with Gasteiger partial charge in [-0.2, -0.15) is 0 Å². The number of nitrogens with zero attached hydrogens (tertiary/aromatic N) is 1. The van der Waals surface area contributed by atoms with E-state index in [1.807, 2.05) is 12.1 Å². The summed E-state index contributed by atoms with van der Waals surface area (Å²) in [7, 11) is 1.65. The van der Waals surface area contributed by atoms with Crippen LogP contribution in [0.15, 0.2) is 21.3 Å². The molecule has 15 heavy (non-hydrogen) atoms. The molecule has 1 heterocycles. The summed E-state index contributed by atoms with van der Waals surface area (Å²) in [6.45, 7) is 4.14. The molecule has 0 bridgehead atoms. The molecule has 0 aliphatic rings. The highest BCUT2D eigenvalue weighted by Crippen LogP contribution is 2.25. The fourth-order valence-corrected chi connectivity index (χ4v) is 1.68. The predicted molar refractivity (Wildman–Crippen MR) is 60.0 cm³/mol. The summed E-state index contributed by atoms with van der Waals surface area (Å²) in [6.07, 6.45) is 0. The second kappa shape index (κ2) is 3.15. The Balaban J connectivity index is 2.84. The number of nitrogens with two attached hydrogens (primary N) is 1. The maximum Gasteiger partial charge on any atom is 0.419 e. The Bertz CT molecular complexity index is 564. The number of rotatable bonds is 1. The van der Waals surface area contributed by atoms with Crippen molar-refractivity contribution in [2.45, 2.75) is 19.8 Å². The van der Waals surface area contributed by atoms with E-state index in [-0.39, 0.29) is 5.76 Å². The van der Waals surface area contributed by atoms with Gasteiger partial charge in [0, 0.05) is 7.05 Å². The number of aromatic nitrogens is 1. The van der Waals surface area contributed by atoms with Crippen molar-refractivity contribution < 1.29 is 4.42 Å². The molecule has 0 aliphatic heterocycles. The van der Waals surface area contributed by atoms with Crippen LogP contribution in [-0.4, -0.2) is 4.57 Å². The Morgan fingerprint density at radius 3 is 2.67 bits per heavy atom.